The maximum atomic E-state index is 12.5. The van der Waals surface area contributed by atoms with Crippen LogP contribution in [0.2, 0.25) is 0 Å². The van der Waals surface area contributed by atoms with Gasteiger partial charge in [0.25, 0.3) is 0 Å². The molecule has 0 heterocycles. The van der Waals surface area contributed by atoms with Gasteiger partial charge < -0.3 is 10.6 Å². The third kappa shape index (κ3) is 2.72. The first-order valence-corrected chi connectivity index (χ1v) is 6.68. The van der Waals surface area contributed by atoms with Crippen molar-refractivity contribution >= 4 is 5.91 Å². The van der Waals surface area contributed by atoms with Gasteiger partial charge in [-0.1, -0.05) is 30.3 Å². The highest BCUT2D eigenvalue weighted by molar-refractivity contribution is 5.86. The van der Waals surface area contributed by atoms with Gasteiger partial charge in [-0.2, -0.15) is 0 Å². The lowest BCUT2D eigenvalue weighted by atomic mass is 9.95. The summed E-state index contributed by atoms with van der Waals surface area (Å²) in [4.78, 5) is 14.3. The number of carbonyl (C=O) groups is 1. The second kappa shape index (κ2) is 5.11. The lowest BCUT2D eigenvalue weighted by molar-refractivity contribution is -0.137. The van der Waals surface area contributed by atoms with Crippen molar-refractivity contribution < 1.29 is 4.79 Å². The Hall–Kier alpha value is -1.35. The van der Waals surface area contributed by atoms with E-state index in [4.69, 9.17) is 5.73 Å². The van der Waals surface area contributed by atoms with E-state index in [1.54, 1.807) is 0 Å². The van der Waals surface area contributed by atoms with Gasteiger partial charge in [0, 0.05) is 13.1 Å². The van der Waals surface area contributed by atoms with Crippen molar-refractivity contribution in [2.45, 2.75) is 38.8 Å². The van der Waals surface area contributed by atoms with Crippen molar-refractivity contribution in [2.75, 3.05) is 6.54 Å². The van der Waals surface area contributed by atoms with Gasteiger partial charge in [-0.15, -0.1) is 0 Å². The van der Waals surface area contributed by atoms with Gasteiger partial charge >= 0.3 is 0 Å². The van der Waals surface area contributed by atoms with E-state index in [0.29, 0.717) is 19.0 Å². The number of carbonyl (C=O) groups excluding carboxylic acids is 1. The molecule has 0 radical (unpaired) electrons. The fourth-order valence-electron chi connectivity index (χ4n) is 2.33. The number of likely N-dealkylation sites (N-methyl/N-ethyl adjacent to an activating group) is 1. The predicted octanol–water partition coefficient (Wildman–Crippen LogP) is 2.16. The van der Waals surface area contributed by atoms with Crippen LogP contribution in [-0.4, -0.2) is 22.9 Å². The van der Waals surface area contributed by atoms with Crippen molar-refractivity contribution in [1.29, 1.82) is 0 Å². The molecule has 2 N–H and O–H groups in total. The first kappa shape index (κ1) is 13.1. The molecule has 98 valence electrons. The Labute approximate surface area is 109 Å². The van der Waals surface area contributed by atoms with Gasteiger partial charge in [-0.05, 0) is 38.2 Å². The molecule has 1 aliphatic rings. The molecule has 2 rings (SSSR count). The SMILES string of the molecule is CCN(Cc1ccccc1)C(=O)C(C)(N)C1CC1. The Morgan fingerprint density at radius 2 is 2.00 bits per heavy atom. The molecular weight excluding hydrogens is 224 g/mol. The number of benzene rings is 1. The van der Waals surface area contributed by atoms with Crippen molar-refractivity contribution in [3.63, 3.8) is 0 Å². The summed E-state index contributed by atoms with van der Waals surface area (Å²) in [6.45, 7) is 5.23. The van der Waals surface area contributed by atoms with Gasteiger partial charge in [-0.25, -0.2) is 0 Å². The van der Waals surface area contributed by atoms with Crippen LogP contribution in [0.1, 0.15) is 32.3 Å². The molecule has 3 nitrogen and oxygen atoms in total. The minimum absolute atomic E-state index is 0.0800. The molecule has 1 aromatic rings. The molecule has 18 heavy (non-hydrogen) atoms. The second-order valence-electron chi connectivity index (χ2n) is 5.36. The van der Waals surface area contributed by atoms with E-state index in [-0.39, 0.29) is 5.91 Å². The largest absolute Gasteiger partial charge is 0.337 e. The fourth-order valence-corrected chi connectivity index (χ4v) is 2.33. The van der Waals surface area contributed by atoms with Gasteiger partial charge in [0.15, 0.2) is 0 Å². The van der Waals surface area contributed by atoms with Crippen molar-refractivity contribution in [3.8, 4) is 0 Å². The smallest absolute Gasteiger partial charge is 0.242 e. The number of nitrogens with two attached hydrogens (primary N) is 1. The van der Waals surface area contributed by atoms with Gasteiger partial charge in [0.05, 0.1) is 5.54 Å². The zero-order valence-electron chi connectivity index (χ0n) is 11.2. The van der Waals surface area contributed by atoms with Crippen LogP contribution in [-0.2, 0) is 11.3 Å². The normalized spacial score (nSPS) is 18.2. The van der Waals surface area contributed by atoms with Crippen molar-refractivity contribution in [2.24, 2.45) is 11.7 Å². The van der Waals surface area contributed by atoms with Gasteiger partial charge in [0.2, 0.25) is 5.91 Å². The number of nitrogens with zero attached hydrogens (tertiary/aromatic N) is 1. The zero-order chi connectivity index (χ0) is 13.2. The van der Waals surface area contributed by atoms with Crippen LogP contribution in [0.3, 0.4) is 0 Å². The van der Waals surface area contributed by atoms with Crippen LogP contribution in [0.15, 0.2) is 30.3 Å². The third-order valence-electron chi connectivity index (χ3n) is 3.77. The molecule has 1 unspecified atom stereocenters. The van der Waals surface area contributed by atoms with E-state index in [2.05, 4.69) is 0 Å². The van der Waals surface area contributed by atoms with Crippen LogP contribution >= 0.6 is 0 Å². The summed E-state index contributed by atoms with van der Waals surface area (Å²) in [6.07, 6.45) is 2.17. The molecule has 3 heteroatoms. The summed E-state index contributed by atoms with van der Waals surface area (Å²) in [5.41, 5.74) is 6.67. The lowest BCUT2D eigenvalue weighted by Gasteiger charge is -2.31. The molecule has 0 spiro atoms. The van der Waals surface area contributed by atoms with Gasteiger partial charge in [0.1, 0.15) is 0 Å². The molecule has 1 aromatic carbocycles. The molecule has 0 aromatic heterocycles. The minimum atomic E-state index is -0.690. The number of rotatable bonds is 5. The average Bonchev–Trinajstić information content (AvgIpc) is 3.21. The molecule has 0 bridgehead atoms. The lowest BCUT2D eigenvalue weighted by Crippen LogP contribution is -2.54. The average molecular weight is 246 g/mol. The van der Waals surface area contributed by atoms with Crippen LogP contribution in [0.4, 0.5) is 0 Å². The zero-order valence-corrected chi connectivity index (χ0v) is 11.2. The molecule has 1 atom stereocenters. The monoisotopic (exact) mass is 246 g/mol. The highest BCUT2D eigenvalue weighted by atomic mass is 16.2. The molecule has 1 saturated carbocycles. The van der Waals surface area contributed by atoms with E-state index >= 15 is 0 Å². The number of hydrogen-bond donors (Lipinski definition) is 1. The summed E-state index contributed by atoms with van der Waals surface area (Å²) < 4.78 is 0. The number of hydrogen-bond acceptors (Lipinski definition) is 2. The predicted molar refractivity (Wildman–Crippen MR) is 72.8 cm³/mol. The first-order chi connectivity index (χ1) is 8.55. The van der Waals surface area contributed by atoms with E-state index < -0.39 is 5.54 Å². The van der Waals surface area contributed by atoms with E-state index in [1.165, 1.54) is 0 Å². The Balaban J connectivity index is 2.06. The first-order valence-electron chi connectivity index (χ1n) is 6.68. The Morgan fingerprint density at radius 1 is 1.39 bits per heavy atom. The Bertz CT molecular complexity index is 410. The van der Waals surface area contributed by atoms with E-state index in [0.717, 1.165) is 18.4 Å². The summed E-state index contributed by atoms with van der Waals surface area (Å²) in [7, 11) is 0. The van der Waals surface area contributed by atoms with Crippen LogP contribution in [0.25, 0.3) is 0 Å². The van der Waals surface area contributed by atoms with E-state index in [1.807, 2.05) is 49.1 Å². The van der Waals surface area contributed by atoms with Gasteiger partial charge in [-0.3, -0.25) is 4.79 Å². The van der Waals surface area contributed by atoms with Crippen LogP contribution < -0.4 is 5.73 Å². The highest BCUT2D eigenvalue weighted by Crippen LogP contribution is 2.39. The minimum Gasteiger partial charge on any atom is -0.337 e. The molecule has 1 aliphatic carbocycles. The quantitative estimate of drug-likeness (QED) is 0.865. The summed E-state index contributed by atoms with van der Waals surface area (Å²) >= 11 is 0. The summed E-state index contributed by atoms with van der Waals surface area (Å²) in [6, 6.07) is 10.1. The molecule has 1 fully saturated rings. The number of amides is 1. The highest BCUT2D eigenvalue weighted by Gasteiger charge is 2.45. The summed E-state index contributed by atoms with van der Waals surface area (Å²) in [5.74, 6) is 0.450. The van der Waals surface area contributed by atoms with Crippen LogP contribution in [0.5, 0.6) is 0 Å². The fraction of sp³-hybridized carbons (Fsp3) is 0.533. The maximum absolute atomic E-state index is 12.5. The standard InChI is InChI=1S/C15H22N2O/c1-3-17(11-12-7-5-4-6-8-12)14(18)15(2,16)13-9-10-13/h4-8,13H,3,9-11,16H2,1-2H3. The van der Waals surface area contributed by atoms with Crippen LogP contribution in [0, 0.1) is 5.92 Å². The topological polar surface area (TPSA) is 46.3 Å². The molecular formula is C15H22N2O. The molecule has 0 aliphatic heterocycles. The van der Waals surface area contributed by atoms with Crippen molar-refractivity contribution in [1.82, 2.24) is 4.90 Å². The molecule has 1 amide bonds. The third-order valence-corrected chi connectivity index (χ3v) is 3.77. The summed E-state index contributed by atoms with van der Waals surface area (Å²) in [5, 5.41) is 0. The van der Waals surface area contributed by atoms with Crippen molar-refractivity contribution in [3.05, 3.63) is 35.9 Å². The Morgan fingerprint density at radius 3 is 2.50 bits per heavy atom. The maximum Gasteiger partial charge on any atom is 0.242 e. The second-order valence-corrected chi connectivity index (χ2v) is 5.36. The van der Waals surface area contributed by atoms with E-state index in [9.17, 15) is 4.79 Å². The Kier molecular flexibility index (Phi) is 3.71. The molecule has 0 saturated heterocycles.